The third kappa shape index (κ3) is 5.88. The first-order chi connectivity index (χ1) is 8.62. The summed E-state index contributed by atoms with van der Waals surface area (Å²) in [5.74, 6) is 1.04. The molecule has 0 spiro atoms. The van der Waals surface area contributed by atoms with E-state index in [2.05, 4.69) is 39.5 Å². The summed E-state index contributed by atoms with van der Waals surface area (Å²) >= 11 is 0. The Kier molecular flexibility index (Phi) is 10.1. The van der Waals surface area contributed by atoms with E-state index < -0.39 is 0 Å². The Bertz CT molecular complexity index is 209. The van der Waals surface area contributed by atoms with E-state index in [4.69, 9.17) is 0 Å². The Labute approximate surface area is 114 Å². The summed E-state index contributed by atoms with van der Waals surface area (Å²) < 4.78 is 0. The van der Waals surface area contributed by atoms with Crippen LogP contribution in [0.25, 0.3) is 0 Å². The molecular formula is C16H33NO. The lowest BCUT2D eigenvalue weighted by Crippen LogP contribution is -2.38. The number of likely N-dealkylation sites (tertiary alicyclic amines) is 1. The Morgan fingerprint density at radius 2 is 1.67 bits per heavy atom. The van der Waals surface area contributed by atoms with E-state index in [0.717, 1.165) is 19.4 Å². The van der Waals surface area contributed by atoms with E-state index in [1.807, 2.05) is 0 Å². The maximum Gasteiger partial charge on any atom is 0.222 e. The van der Waals surface area contributed by atoms with Crippen LogP contribution in [-0.2, 0) is 4.79 Å². The quantitative estimate of drug-likeness (QED) is 0.677. The Balaban J connectivity index is 0.000000494. The van der Waals surface area contributed by atoms with E-state index in [1.54, 1.807) is 0 Å². The summed E-state index contributed by atoms with van der Waals surface area (Å²) in [6.45, 7) is 12.0. The van der Waals surface area contributed by atoms with Gasteiger partial charge in [-0.3, -0.25) is 4.79 Å². The lowest BCUT2D eigenvalue weighted by atomic mass is 9.94. The molecule has 0 saturated carbocycles. The molecule has 0 N–H and O–H groups in total. The second-order valence-electron chi connectivity index (χ2n) is 5.36. The van der Waals surface area contributed by atoms with Crippen LogP contribution >= 0.6 is 0 Å². The van der Waals surface area contributed by atoms with Crippen LogP contribution in [0.15, 0.2) is 0 Å². The molecule has 0 aromatic carbocycles. The van der Waals surface area contributed by atoms with Crippen LogP contribution in [0.5, 0.6) is 0 Å². The molecule has 1 aliphatic heterocycles. The molecule has 2 nitrogen and oxygen atoms in total. The highest BCUT2D eigenvalue weighted by molar-refractivity contribution is 5.78. The molecule has 1 rings (SSSR count). The molecule has 1 aliphatic rings. The molecule has 1 saturated heterocycles. The zero-order chi connectivity index (χ0) is 14.0. The molecule has 0 aliphatic carbocycles. The first-order valence-corrected chi connectivity index (χ1v) is 7.91. The second-order valence-corrected chi connectivity index (χ2v) is 5.36. The Morgan fingerprint density at radius 1 is 1.11 bits per heavy atom. The predicted molar refractivity (Wildman–Crippen MR) is 79.7 cm³/mol. The van der Waals surface area contributed by atoms with Gasteiger partial charge in [0.05, 0.1) is 0 Å². The molecule has 1 unspecified atom stereocenters. The highest BCUT2D eigenvalue weighted by Crippen LogP contribution is 2.22. The van der Waals surface area contributed by atoms with Crippen molar-refractivity contribution in [3.05, 3.63) is 0 Å². The number of amides is 1. The molecule has 0 aromatic heterocycles. The van der Waals surface area contributed by atoms with E-state index >= 15 is 0 Å². The second kappa shape index (κ2) is 10.4. The van der Waals surface area contributed by atoms with Gasteiger partial charge in [-0.15, -0.1) is 0 Å². The van der Waals surface area contributed by atoms with Gasteiger partial charge in [0.15, 0.2) is 0 Å². The van der Waals surface area contributed by atoms with Gasteiger partial charge in [0, 0.05) is 19.0 Å². The molecule has 1 atom stereocenters. The highest BCUT2D eigenvalue weighted by Gasteiger charge is 2.28. The predicted octanol–water partition coefficient (Wildman–Crippen LogP) is 4.63. The van der Waals surface area contributed by atoms with Crippen LogP contribution in [0, 0.1) is 5.92 Å². The lowest BCUT2D eigenvalue weighted by Gasteiger charge is -2.30. The van der Waals surface area contributed by atoms with E-state index in [0.29, 0.717) is 17.9 Å². The van der Waals surface area contributed by atoms with Crippen molar-refractivity contribution in [2.75, 3.05) is 6.54 Å². The molecule has 1 amide bonds. The summed E-state index contributed by atoms with van der Waals surface area (Å²) in [5, 5.41) is 0. The number of carbonyl (C=O) groups excluding carboxylic acids is 1. The van der Waals surface area contributed by atoms with Gasteiger partial charge in [-0.05, 0) is 19.3 Å². The number of rotatable bonds is 6. The number of carbonyl (C=O) groups is 1. The van der Waals surface area contributed by atoms with Crippen LogP contribution in [-0.4, -0.2) is 23.4 Å². The van der Waals surface area contributed by atoms with Crippen LogP contribution in [0.3, 0.4) is 0 Å². The number of hydrogen-bond acceptors (Lipinski definition) is 1. The minimum Gasteiger partial charge on any atom is -0.340 e. The third-order valence-electron chi connectivity index (χ3n) is 4.04. The third-order valence-corrected chi connectivity index (χ3v) is 4.04. The van der Waals surface area contributed by atoms with Gasteiger partial charge in [-0.2, -0.15) is 0 Å². The van der Waals surface area contributed by atoms with E-state index in [9.17, 15) is 4.79 Å². The standard InChI is InChI=1S/C11H21NO.C5H12/c1-4-10(5-2)9(3)12-8-6-7-11(12)13;1-3-5-4-2/h9-10H,4-8H2,1-3H3;3-5H2,1-2H3. The van der Waals surface area contributed by atoms with Crippen molar-refractivity contribution in [2.24, 2.45) is 5.92 Å². The summed E-state index contributed by atoms with van der Waals surface area (Å²) in [5.41, 5.74) is 0. The molecule has 0 bridgehead atoms. The van der Waals surface area contributed by atoms with Crippen molar-refractivity contribution in [3.63, 3.8) is 0 Å². The molecule has 0 radical (unpaired) electrons. The first kappa shape index (κ1) is 17.5. The van der Waals surface area contributed by atoms with Crippen LogP contribution in [0.4, 0.5) is 0 Å². The first-order valence-electron chi connectivity index (χ1n) is 7.91. The maximum atomic E-state index is 11.5. The van der Waals surface area contributed by atoms with Gasteiger partial charge in [0.1, 0.15) is 0 Å². The molecule has 0 aromatic rings. The van der Waals surface area contributed by atoms with Gasteiger partial charge in [0.25, 0.3) is 0 Å². The molecule has 18 heavy (non-hydrogen) atoms. The normalized spacial score (nSPS) is 16.8. The number of hydrogen-bond donors (Lipinski definition) is 0. The zero-order valence-corrected chi connectivity index (χ0v) is 13.2. The van der Waals surface area contributed by atoms with E-state index in [1.165, 1.54) is 32.1 Å². The summed E-state index contributed by atoms with van der Waals surface area (Å²) in [4.78, 5) is 13.5. The molecule has 1 heterocycles. The topological polar surface area (TPSA) is 20.3 Å². The van der Waals surface area contributed by atoms with Crippen LogP contribution in [0.2, 0.25) is 0 Å². The van der Waals surface area contributed by atoms with E-state index in [-0.39, 0.29) is 0 Å². The summed E-state index contributed by atoms with van der Waals surface area (Å²) in [7, 11) is 0. The van der Waals surface area contributed by atoms with Gasteiger partial charge in [-0.1, -0.05) is 59.8 Å². The van der Waals surface area contributed by atoms with Crippen molar-refractivity contribution in [1.29, 1.82) is 0 Å². The molecule has 108 valence electrons. The fourth-order valence-corrected chi connectivity index (χ4v) is 2.68. The minimum atomic E-state index is 0.361. The van der Waals surface area contributed by atoms with Crippen LogP contribution < -0.4 is 0 Å². The van der Waals surface area contributed by atoms with Gasteiger partial charge < -0.3 is 4.90 Å². The van der Waals surface area contributed by atoms with Crippen molar-refractivity contribution >= 4 is 5.91 Å². The highest BCUT2D eigenvalue weighted by atomic mass is 16.2. The van der Waals surface area contributed by atoms with Gasteiger partial charge in [0.2, 0.25) is 5.91 Å². The average Bonchev–Trinajstić information content (AvgIpc) is 2.78. The lowest BCUT2D eigenvalue weighted by molar-refractivity contribution is -0.130. The largest absolute Gasteiger partial charge is 0.340 e. The Morgan fingerprint density at radius 3 is 1.94 bits per heavy atom. The van der Waals surface area contributed by atoms with Crippen molar-refractivity contribution in [3.8, 4) is 0 Å². The fourth-order valence-electron chi connectivity index (χ4n) is 2.68. The molecular weight excluding hydrogens is 222 g/mol. The minimum absolute atomic E-state index is 0.361. The van der Waals surface area contributed by atoms with Crippen molar-refractivity contribution in [1.82, 2.24) is 4.90 Å². The van der Waals surface area contributed by atoms with Gasteiger partial charge in [-0.25, -0.2) is 0 Å². The summed E-state index contributed by atoms with van der Waals surface area (Å²) in [6, 6.07) is 0.449. The monoisotopic (exact) mass is 255 g/mol. The SMILES string of the molecule is CCC(CC)C(C)N1CCCC1=O.CCCCC. The average molecular weight is 255 g/mol. The van der Waals surface area contributed by atoms with Crippen molar-refractivity contribution in [2.45, 2.75) is 85.6 Å². The van der Waals surface area contributed by atoms with Crippen LogP contribution in [0.1, 0.15) is 79.6 Å². The van der Waals surface area contributed by atoms with Crippen molar-refractivity contribution < 1.29 is 4.79 Å². The molecule has 1 fully saturated rings. The number of nitrogens with zero attached hydrogens (tertiary/aromatic N) is 1. The maximum absolute atomic E-state index is 11.5. The fraction of sp³-hybridized carbons (Fsp3) is 0.938. The molecule has 2 heteroatoms. The zero-order valence-electron chi connectivity index (χ0n) is 13.2. The Hall–Kier alpha value is -0.530. The summed E-state index contributed by atoms with van der Waals surface area (Å²) in [6.07, 6.45) is 8.27. The van der Waals surface area contributed by atoms with Gasteiger partial charge >= 0.3 is 0 Å². The number of unbranched alkanes of at least 4 members (excludes halogenated alkanes) is 2. The smallest absolute Gasteiger partial charge is 0.222 e.